The lowest BCUT2D eigenvalue weighted by Crippen LogP contribution is -2.53. The molecule has 0 bridgehead atoms. The number of nitrogens with zero attached hydrogens (tertiary/aromatic N) is 3. The molecule has 25 heavy (non-hydrogen) atoms. The summed E-state index contributed by atoms with van der Waals surface area (Å²) in [7, 11) is 3.50. The van der Waals surface area contributed by atoms with Gasteiger partial charge in [-0.2, -0.15) is 0 Å². The van der Waals surface area contributed by atoms with Gasteiger partial charge in [0.05, 0.1) is 5.41 Å². The van der Waals surface area contributed by atoms with E-state index in [0.717, 1.165) is 58.5 Å². The van der Waals surface area contributed by atoms with Crippen molar-refractivity contribution in [1.29, 1.82) is 0 Å². The van der Waals surface area contributed by atoms with Crippen molar-refractivity contribution in [1.82, 2.24) is 14.7 Å². The zero-order chi connectivity index (χ0) is 18.2. The Labute approximate surface area is 151 Å². The van der Waals surface area contributed by atoms with Gasteiger partial charge in [-0.1, -0.05) is 13.8 Å². The molecule has 2 amide bonds. The molecule has 142 valence electrons. The molecule has 6 heteroatoms. The molecule has 3 fully saturated rings. The third kappa shape index (κ3) is 3.08. The molecular weight excluding hydrogens is 318 g/mol. The fraction of sp³-hybridized carbons (Fsp3) is 0.895. The molecule has 3 aliphatic rings. The van der Waals surface area contributed by atoms with Crippen LogP contribution in [0, 0.1) is 16.7 Å². The maximum atomic E-state index is 13.2. The van der Waals surface area contributed by atoms with Gasteiger partial charge in [-0.3, -0.25) is 9.59 Å². The lowest BCUT2D eigenvalue weighted by molar-refractivity contribution is -0.144. The van der Waals surface area contributed by atoms with Crippen LogP contribution in [0.4, 0.5) is 0 Å². The summed E-state index contributed by atoms with van der Waals surface area (Å²) in [6, 6.07) is 0. The Hall–Kier alpha value is -1.14. The summed E-state index contributed by atoms with van der Waals surface area (Å²) in [5, 5.41) is 0. The minimum absolute atomic E-state index is 0.0214. The maximum absolute atomic E-state index is 13.2. The number of fused-ring (bicyclic) bond motifs is 1. The number of piperidine rings is 1. The van der Waals surface area contributed by atoms with E-state index in [2.05, 4.69) is 18.7 Å². The van der Waals surface area contributed by atoms with Crippen molar-refractivity contribution in [2.24, 2.45) is 16.7 Å². The van der Waals surface area contributed by atoms with Gasteiger partial charge in [0, 0.05) is 58.8 Å². The van der Waals surface area contributed by atoms with E-state index in [1.54, 1.807) is 7.11 Å². The van der Waals surface area contributed by atoms with Crippen molar-refractivity contribution in [2.45, 2.75) is 33.1 Å². The lowest BCUT2D eigenvalue weighted by Gasteiger charge is -2.47. The summed E-state index contributed by atoms with van der Waals surface area (Å²) in [4.78, 5) is 31.6. The number of ether oxygens (including phenoxy) is 1. The highest BCUT2D eigenvalue weighted by Crippen LogP contribution is 2.57. The van der Waals surface area contributed by atoms with Gasteiger partial charge in [0.2, 0.25) is 11.8 Å². The van der Waals surface area contributed by atoms with Crippen LogP contribution < -0.4 is 0 Å². The first-order valence-corrected chi connectivity index (χ1v) is 9.58. The van der Waals surface area contributed by atoms with E-state index in [1.807, 2.05) is 16.8 Å². The average Bonchev–Trinajstić information content (AvgIpc) is 3.01. The van der Waals surface area contributed by atoms with Crippen molar-refractivity contribution in [3.8, 4) is 0 Å². The molecule has 0 aromatic carbocycles. The first-order chi connectivity index (χ1) is 11.8. The minimum atomic E-state index is -0.243. The summed E-state index contributed by atoms with van der Waals surface area (Å²) >= 11 is 0. The van der Waals surface area contributed by atoms with E-state index in [1.165, 1.54) is 0 Å². The number of hydrogen-bond donors (Lipinski definition) is 0. The first kappa shape index (κ1) is 18.6. The third-order valence-corrected chi connectivity index (χ3v) is 6.63. The molecule has 0 N–H and O–H groups in total. The minimum Gasteiger partial charge on any atom is -0.375 e. The van der Waals surface area contributed by atoms with E-state index in [0.29, 0.717) is 11.8 Å². The van der Waals surface area contributed by atoms with Crippen LogP contribution in [0.2, 0.25) is 0 Å². The van der Waals surface area contributed by atoms with E-state index in [9.17, 15) is 9.59 Å². The third-order valence-electron chi connectivity index (χ3n) is 6.63. The second-order valence-electron chi connectivity index (χ2n) is 8.72. The van der Waals surface area contributed by atoms with Gasteiger partial charge in [0.25, 0.3) is 0 Å². The van der Waals surface area contributed by atoms with Gasteiger partial charge in [0.1, 0.15) is 6.61 Å². The van der Waals surface area contributed by atoms with E-state index in [4.69, 9.17) is 4.74 Å². The molecule has 0 aromatic heterocycles. The molecule has 1 atom stereocenters. The van der Waals surface area contributed by atoms with Crippen LogP contribution in [0.5, 0.6) is 0 Å². The van der Waals surface area contributed by atoms with Crippen LogP contribution in [0.1, 0.15) is 33.1 Å². The summed E-state index contributed by atoms with van der Waals surface area (Å²) < 4.78 is 5.00. The standard InChI is InChI=1S/C19H33N3O3/c1-15(2)11-21-13-18(19(14-21)7-8-20(3)17(19)24)5-9-22(10-6-18)16(23)12-25-4/h15H,5-14H2,1-4H3. The first-order valence-electron chi connectivity index (χ1n) is 9.58. The summed E-state index contributed by atoms with van der Waals surface area (Å²) in [5.74, 6) is 0.999. The molecule has 0 aromatic rings. The normalized spacial score (nSPS) is 29.6. The predicted molar refractivity (Wildman–Crippen MR) is 96.1 cm³/mol. The van der Waals surface area contributed by atoms with Crippen molar-refractivity contribution in [3.63, 3.8) is 0 Å². The number of rotatable bonds is 4. The predicted octanol–water partition coefficient (Wildman–Crippen LogP) is 1.06. The van der Waals surface area contributed by atoms with Crippen LogP contribution in [0.25, 0.3) is 0 Å². The Balaban J connectivity index is 1.80. The number of likely N-dealkylation sites (tertiary alicyclic amines) is 3. The molecule has 3 rings (SSSR count). The second-order valence-corrected chi connectivity index (χ2v) is 8.72. The quantitative estimate of drug-likeness (QED) is 0.760. The van der Waals surface area contributed by atoms with Crippen LogP contribution >= 0.6 is 0 Å². The topological polar surface area (TPSA) is 53.1 Å². The van der Waals surface area contributed by atoms with Crippen molar-refractivity contribution in [3.05, 3.63) is 0 Å². The van der Waals surface area contributed by atoms with Crippen molar-refractivity contribution >= 4 is 11.8 Å². The smallest absolute Gasteiger partial charge is 0.248 e. The Bertz CT molecular complexity index is 528. The van der Waals surface area contributed by atoms with Crippen molar-refractivity contribution in [2.75, 3.05) is 60.0 Å². The van der Waals surface area contributed by atoms with Crippen LogP contribution in [0.3, 0.4) is 0 Å². The molecule has 0 radical (unpaired) electrons. The van der Waals surface area contributed by atoms with E-state index in [-0.39, 0.29) is 23.3 Å². The molecular formula is C19H33N3O3. The highest BCUT2D eigenvalue weighted by atomic mass is 16.5. The monoisotopic (exact) mass is 351 g/mol. The van der Waals surface area contributed by atoms with Crippen molar-refractivity contribution < 1.29 is 14.3 Å². The van der Waals surface area contributed by atoms with Gasteiger partial charge in [0.15, 0.2) is 0 Å². The molecule has 3 saturated heterocycles. The Morgan fingerprint density at radius 2 is 1.84 bits per heavy atom. The lowest BCUT2D eigenvalue weighted by atomic mass is 9.60. The van der Waals surface area contributed by atoms with Gasteiger partial charge in [-0.05, 0) is 25.2 Å². The van der Waals surface area contributed by atoms with Gasteiger partial charge >= 0.3 is 0 Å². The highest BCUT2D eigenvalue weighted by Gasteiger charge is 2.64. The average molecular weight is 351 g/mol. The molecule has 1 unspecified atom stereocenters. The number of carbonyl (C=O) groups excluding carboxylic acids is 2. The number of methoxy groups -OCH3 is 1. The molecule has 0 aliphatic carbocycles. The van der Waals surface area contributed by atoms with Crippen LogP contribution in [0.15, 0.2) is 0 Å². The molecule has 0 saturated carbocycles. The Kier molecular flexibility index (Phi) is 5.13. The zero-order valence-corrected chi connectivity index (χ0v) is 16.2. The van der Waals surface area contributed by atoms with Gasteiger partial charge < -0.3 is 19.4 Å². The number of hydrogen-bond acceptors (Lipinski definition) is 4. The number of amides is 2. The molecule has 6 nitrogen and oxygen atoms in total. The maximum Gasteiger partial charge on any atom is 0.248 e. The summed E-state index contributed by atoms with van der Waals surface area (Å²) in [6.45, 7) is 9.93. The summed E-state index contributed by atoms with van der Waals surface area (Å²) in [6.07, 6.45) is 2.82. The van der Waals surface area contributed by atoms with Crippen LogP contribution in [-0.4, -0.2) is 86.5 Å². The van der Waals surface area contributed by atoms with E-state index >= 15 is 0 Å². The van der Waals surface area contributed by atoms with E-state index < -0.39 is 0 Å². The summed E-state index contributed by atoms with van der Waals surface area (Å²) in [5.41, 5.74) is -0.222. The fourth-order valence-corrected chi connectivity index (χ4v) is 5.44. The molecule has 2 spiro atoms. The Morgan fingerprint density at radius 1 is 1.16 bits per heavy atom. The van der Waals surface area contributed by atoms with Gasteiger partial charge in [-0.15, -0.1) is 0 Å². The largest absolute Gasteiger partial charge is 0.375 e. The Morgan fingerprint density at radius 3 is 2.36 bits per heavy atom. The van der Waals surface area contributed by atoms with Crippen LogP contribution in [-0.2, 0) is 14.3 Å². The number of carbonyl (C=O) groups is 2. The zero-order valence-electron chi connectivity index (χ0n) is 16.2. The highest BCUT2D eigenvalue weighted by molar-refractivity contribution is 5.86. The molecule has 3 aliphatic heterocycles. The van der Waals surface area contributed by atoms with Gasteiger partial charge in [-0.25, -0.2) is 0 Å². The fourth-order valence-electron chi connectivity index (χ4n) is 5.44. The SMILES string of the molecule is COCC(=O)N1CCC2(CC1)CN(CC(C)C)CC21CCN(C)C1=O. The second kappa shape index (κ2) is 6.88. The molecule has 3 heterocycles.